The van der Waals surface area contributed by atoms with E-state index in [4.69, 9.17) is 0 Å². The molecule has 0 radical (unpaired) electrons. The Hall–Kier alpha value is -1.34. The van der Waals surface area contributed by atoms with Gasteiger partial charge in [-0.05, 0) is 11.1 Å². The molecule has 0 aliphatic heterocycles. The molecule has 2 aromatic carbocycles. The van der Waals surface area contributed by atoms with Crippen LogP contribution in [0.25, 0.3) is 0 Å². The van der Waals surface area contributed by atoms with E-state index in [9.17, 15) is 0 Å². The molecule has 0 N–H and O–H groups in total. The van der Waals surface area contributed by atoms with Gasteiger partial charge in [0.25, 0.3) is 0 Å². The first-order chi connectivity index (χ1) is 8.86. The Morgan fingerprint density at radius 2 is 1.11 bits per heavy atom. The molecule has 18 heavy (non-hydrogen) atoms. The van der Waals surface area contributed by atoms with Crippen LogP contribution in [0.5, 0.6) is 0 Å². The van der Waals surface area contributed by atoms with Gasteiger partial charge in [-0.3, -0.25) is 0 Å². The fourth-order valence-electron chi connectivity index (χ4n) is 2.82. The molecule has 0 aliphatic rings. The van der Waals surface area contributed by atoms with E-state index in [1.165, 1.54) is 23.2 Å². The first-order valence-electron chi connectivity index (χ1n) is 6.96. The third kappa shape index (κ3) is 2.91. The monoisotopic (exact) mass is 254 g/mol. The summed E-state index contributed by atoms with van der Waals surface area (Å²) >= 11 is 0. The Kier molecular flexibility index (Phi) is 4.77. The number of rotatable bonds is 5. The van der Waals surface area contributed by atoms with Crippen LogP contribution in [0.3, 0.4) is 0 Å². The van der Waals surface area contributed by atoms with E-state index in [1.807, 2.05) is 0 Å². The molecule has 0 nitrogen and oxygen atoms in total. The van der Waals surface area contributed by atoms with E-state index in [-0.39, 0.29) is 0 Å². The predicted octanol–water partition coefficient (Wildman–Crippen LogP) is 4.62. The summed E-state index contributed by atoms with van der Waals surface area (Å²) in [4.78, 5) is 0. The Morgan fingerprint density at radius 3 is 1.44 bits per heavy atom. The second-order valence-electron chi connectivity index (χ2n) is 4.88. The van der Waals surface area contributed by atoms with Gasteiger partial charge in [-0.25, -0.2) is 0 Å². The molecule has 0 spiro atoms. The maximum absolute atomic E-state index is 2.36. The van der Waals surface area contributed by atoms with Crippen molar-refractivity contribution in [3.63, 3.8) is 0 Å². The van der Waals surface area contributed by atoms with Gasteiger partial charge in [0.05, 0.1) is 0 Å². The van der Waals surface area contributed by atoms with E-state index < -0.39 is 8.80 Å². The Balaban J connectivity index is 2.41. The van der Waals surface area contributed by atoms with Crippen LogP contribution < -0.4 is 0 Å². The van der Waals surface area contributed by atoms with Gasteiger partial charge < -0.3 is 0 Å². The molecular formula is C17H22Si. The van der Waals surface area contributed by atoms with Gasteiger partial charge in [0.15, 0.2) is 0 Å². The zero-order chi connectivity index (χ0) is 12.8. The molecule has 0 aromatic heterocycles. The molecule has 0 saturated heterocycles. The maximum Gasteiger partial charge on any atom is 0.0499 e. The first kappa shape index (κ1) is 13.1. The summed E-state index contributed by atoms with van der Waals surface area (Å²) in [6.07, 6.45) is 0. The summed E-state index contributed by atoms with van der Waals surface area (Å²) in [6, 6.07) is 24.8. The minimum Gasteiger partial charge on any atom is -0.0680 e. The molecule has 0 saturated carbocycles. The Labute approximate surface area is 112 Å². The summed E-state index contributed by atoms with van der Waals surface area (Å²) in [5.74, 6) is 0. The lowest BCUT2D eigenvalue weighted by Crippen LogP contribution is -2.22. The molecule has 0 amide bonds. The van der Waals surface area contributed by atoms with E-state index in [2.05, 4.69) is 74.5 Å². The van der Waals surface area contributed by atoms with Crippen LogP contribution >= 0.6 is 0 Å². The minimum absolute atomic E-state index is 0.669. The molecular weight excluding hydrogens is 232 g/mol. The van der Waals surface area contributed by atoms with Gasteiger partial charge in [0.1, 0.15) is 0 Å². The molecule has 0 aliphatic carbocycles. The normalized spacial score (nSPS) is 11.1. The second-order valence-corrected chi connectivity index (χ2v) is 8.70. The van der Waals surface area contributed by atoms with E-state index in [0.717, 1.165) is 0 Å². The zero-order valence-corrected chi connectivity index (χ0v) is 12.5. The summed E-state index contributed by atoms with van der Waals surface area (Å²) in [5.41, 5.74) is 3.68. The standard InChI is InChI=1S/C17H22Si/c1-3-18(4-2)17(15-11-7-5-8-12-15)16-13-9-6-10-14-16/h5-14,17-18H,3-4H2,1-2H3. The van der Waals surface area contributed by atoms with Crippen LogP contribution in [0.2, 0.25) is 12.1 Å². The number of hydrogen-bond acceptors (Lipinski definition) is 0. The molecule has 0 fully saturated rings. The van der Waals surface area contributed by atoms with Gasteiger partial charge >= 0.3 is 0 Å². The zero-order valence-electron chi connectivity index (χ0n) is 11.3. The summed E-state index contributed by atoms with van der Waals surface area (Å²) in [6.45, 7) is 4.72. The van der Waals surface area contributed by atoms with Gasteiger partial charge in [-0.15, -0.1) is 0 Å². The average Bonchev–Trinajstić information content (AvgIpc) is 2.46. The number of hydrogen-bond donors (Lipinski definition) is 0. The largest absolute Gasteiger partial charge is 0.0680 e. The summed E-state index contributed by atoms with van der Waals surface area (Å²) < 4.78 is 0. The van der Waals surface area contributed by atoms with Gasteiger partial charge in [0.2, 0.25) is 0 Å². The van der Waals surface area contributed by atoms with Crippen LogP contribution in [-0.4, -0.2) is 8.80 Å². The molecule has 2 rings (SSSR count). The molecule has 0 unspecified atom stereocenters. The van der Waals surface area contributed by atoms with Crippen molar-refractivity contribution in [3.05, 3.63) is 71.8 Å². The Morgan fingerprint density at radius 1 is 0.722 bits per heavy atom. The molecule has 0 bridgehead atoms. The third-order valence-electron chi connectivity index (χ3n) is 3.84. The Bertz CT molecular complexity index is 406. The average molecular weight is 254 g/mol. The van der Waals surface area contributed by atoms with Crippen molar-refractivity contribution in [1.82, 2.24) is 0 Å². The SMILES string of the molecule is CC[SiH](CC)C(c1ccccc1)c1ccccc1. The lowest BCUT2D eigenvalue weighted by molar-refractivity contribution is 1.06. The smallest absolute Gasteiger partial charge is 0.0499 e. The fourth-order valence-corrected chi connectivity index (χ4v) is 5.87. The van der Waals surface area contributed by atoms with Crippen molar-refractivity contribution in [2.24, 2.45) is 0 Å². The van der Waals surface area contributed by atoms with Gasteiger partial charge in [-0.2, -0.15) is 0 Å². The number of benzene rings is 2. The summed E-state index contributed by atoms with van der Waals surface area (Å²) in [5, 5.41) is 0. The molecule has 2 aromatic rings. The van der Waals surface area contributed by atoms with Gasteiger partial charge in [-0.1, -0.05) is 86.6 Å². The molecule has 1 heteroatoms. The second kappa shape index (κ2) is 6.55. The highest BCUT2D eigenvalue weighted by Crippen LogP contribution is 2.30. The predicted molar refractivity (Wildman–Crippen MR) is 82.8 cm³/mol. The van der Waals surface area contributed by atoms with Crippen LogP contribution in [0.15, 0.2) is 60.7 Å². The fraction of sp³-hybridized carbons (Fsp3) is 0.294. The van der Waals surface area contributed by atoms with Gasteiger partial charge in [0, 0.05) is 14.3 Å². The molecule has 0 heterocycles. The highest BCUT2D eigenvalue weighted by Gasteiger charge is 2.22. The highest BCUT2D eigenvalue weighted by molar-refractivity contribution is 6.61. The lowest BCUT2D eigenvalue weighted by Gasteiger charge is -2.25. The van der Waals surface area contributed by atoms with Crippen molar-refractivity contribution in [3.8, 4) is 0 Å². The van der Waals surface area contributed by atoms with Crippen molar-refractivity contribution < 1.29 is 0 Å². The van der Waals surface area contributed by atoms with Crippen molar-refractivity contribution >= 4 is 8.80 Å². The minimum atomic E-state index is -0.760. The van der Waals surface area contributed by atoms with E-state index >= 15 is 0 Å². The topological polar surface area (TPSA) is 0 Å². The third-order valence-corrected chi connectivity index (χ3v) is 7.65. The van der Waals surface area contributed by atoms with Crippen LogP contribution in [-0.2, 0) is 0 Å². The van der Waals surface area contributed by atoms with E-state index in [1.54, 1.807) is 0 Å². The quantitative estimate of drug-likeness (QED) is 0.683. The molecule has 94 valence electrons. The lowest BCUT2D eigenvalue weighted by atomic mass is 10.0. The van der Waals surface area contributed by atoms with Crippen LogP contribution in [0, 0.1) is 0 Å². The molecule has 0 atom stereocenters. The van der Waals surface area contributed by atoms with Crippen molar-refractivity contribution in [1.29, 1.82) is 0 Å². The summed E-state index contributed by atoms with van der Waals surface area (Å²) in [7, 11) is -0.760. The van der Waals surface area contributed by atoms with Crippen molar-refractivity contribution in [2.75, 3.05) is 0 Å². The van der Waals surface area contributed by atoms with Crippen LogP contribution in [0.1, 0.15) is 30.5 Å². The van der Waals surface area contributed by atoms with Crippen molar-refractivity contribution in [2.45, 2.75) is 31.5 Å². The van der Waals surface area contributed by atoms with E-state index in [0.29, 0.717) is 5.54 Å². The maximum atomic E-state index is 2.36. The first-order valence-corrected chi connectivity index (χ1v) is 9.26. The highest BCUT2D eigenvalue weighted by atomic mass is 28.3. The van der Waals surface area contributed by atoms with Crippen LogP contribution in [0.4, 0.5) is 0 Å².